The van der Waals surface area contributed by atoms with E-state index in [1.54, 1.807) is 7.11 Å². The molecule has 3 fully saturated rings. The van der Waals surface area contributed by atoms with Crippen molar-refractivity contribution >= 4 is 11.8 Å². The van der Waals surface area contributed by atoms with Gasteiger partial charge in [0.25, 0.3) is 5.91 Å². The smallest absolute Gasteiger partial charge is 0.254 e. The molecule has 30 heavy (non-hydrogen) atoms. The summed E-state index contributed by atoms with van der Waals surface area (Å²) in [5, 5.41) is 3.10. The Hall–Kier alpha value is -2.08. The van der Waals surface area contributed by atoms with Crippen LogP contribution in [0.25, 0.3) is 0 Å². The van der Waals surface area contributed by atoms with Crippen molar-refractivity contribution in [2.75, 3.05) is 33.4 Å². The zero-order valence-corrected chi connectivity index (χ0v) is 18.2. The van der Waals surface area contributed by atoms with Gasteiger partial charge < -0.3 is 19.7 Å². The maximum atomic E-state index is 13.0. The second-order valence-electron chi connectivity index (χ2n) is 9.22. The van der Waals surface area contributed by atoms with Gasteiger partial charge in [-0.1, -0.05) is 0 Å². The molecule has 4 rings (SSSR count). The molecule has 3 aliphatic rings. The maximum absolute atomic E-state index is 13.0. The Kier molecular flexibility index (Phi) is 6.32. The van der Waals surface area contributed by atoms with Gasteiger partial charge in [0.05, 0.1) is 12.7 Å². The summed E-state index contributed by atoms with van der Waals surface area (Å²) >= 11 is 0. The van der Waals surface area contributed by atoms with E-state index in [0.717, 1.165) is 88.1 Å². The van der Waals surface area contributed by atoms with E-state index in [2.05, 4.69) is 5.32 Å². The Labute approximate surface area is 179 Å². The molecule has 2 heterocycles. The Bertz CT molecular complexity index is 781. The summed E-state index contributed by atoms with van der Waals surface area (Å²) < 4.78 is 11.5. The zero-order valence-electron chi connectivity index (χ0n) is 18.2. The topological polar surface area (TPSA) is 67.9 Å². The molecule has 0 aromatic heterocycles. The van der Waals surface area contributed by atoms with Gasteiger partial charge in [-0.05, 0) is 81.5 Å². The number of piperidine rings is 1. The van der Waals surface area contributed by atoms with Gasteiger partial charge in [-0.25, -0.2) is 0 Å². The summed E-state index contributed by atoms with van der Waals surface area (Å²) in [5.41, 5.74) is 1.59. The van der Waals surface area contributed by atoms with Crippen molar-refractivity contribution in [3.8, 4) is 5.75 Å². The van der Waals surface area contributed by atoms with Crippen LogP contribution in [0.1, 0.15) is 60.9 Å². The predicted molar refractivity (Wildman–Crippen MR) is 115 cm³/mol. The minimum atomic E-state index is -0.102. The van der Waals surface area contributed by atoms with E-state index in [1.807, 2.05) is 30.0 Å². The molecular formula is C24H34N2O4. The Morgan fingerprint density at radius 2 is 2.00 bits per heavy atom. The molecule has 164 valence electrons. The number of carbonyl (C=O) groups excluding carboxylic acids is 2. The molecule has 1 atom stereocenters. The van der Waals surface area contributed by atoms with E-state index in [0.29, 0.717) is 5.92 Å². The van der Waals surface area contributed by atoms with Gasteiger partial charge in [0, 0.05) is 37.7 Å². The molecule has 2 aliphatic heterocycles. The lowest BCUT2D eigenvalue weighted by molar-refractivity contribution is -0.125. The first-order valence-electron chi connectivity index (χ1n) is 11.4. The first-order valence-corrected chi connectivity index (χ1v) is 11.4. The van der Waals surface area contributed by atoms with Gasteiger partial charge in [-0.3, -0.25) is 9.59 Å². The van der Waals surface area contributed by atoms with E-state index in [4.69, 9.17) is 9.47 Å². The van der Waals surface area contributed by atoms with Gasteiger partial charge in [-0.15, -0.1) is 0 Å². The molecule has 6 nitrogen and oxygen atoms in total. The molecule has 0 bridgehead atoms. The number of hydrogen-bond acceptors (Lipinski definition) is 4. The second kappa shape index (κ2) is 8.96. The van der Waals surface area contributed by atoms with Crippen LogP contribution in [0.3, 0.4) is 0 Å². The summed E-state index contributed by atoms with van der Waals surface area (Å²) in [6.07, 6.45) is 7.01. The van der Waals surface area contributed by atoms with Gasteiger partial charge >= 0.3 is 0 Å². The van der Waals surface area contributed by atoms with E-state index in [1.165, 1.54) is 0 Å². The number of aryl methyl sites for hydroxylation is 1. The highest BCUT2D eigenvalue weighted by Crippen LogP contribution is 2.39. The van der Waals surface area contributed by atoms with Crippen molar-refractivity contribution in [2.45, 2.75) is 57.5 Å². The summed E-state index contributed by atoms with van der Waals surface area (Å²) in [6.45, 7) is 4.98. The van der Waals surface area contributed by atoms with Gasteiger partial charge in [0.1, 0.15) is 5.75 Å². The lowest BCUT2D eigenvalue weighted by Gasteiger charge is -2.46. The molecule has 1 spiro atoms. The molecular weight excluding hydrogens is 380 g/mol. The molecule has 1 N–H and O–H groups in total. The zero-order chi connectivity index (χ0) is 21.1. The Morgan fingerprint density at radius 1 is 1.23 bits per heavy atom. The molecule has 2 saturated heterocycles. The molecule has 6 heteroatoms. The lowest BCUT2D eigenvalue weighted by Crippen LogP contribution is -2.51. The van der Waals surface area contributed by atoms with Gasteiger partial charge in [0.15, 0.2) is 0 Å². The normalized spacial score (nSPS) is 23.3. The highest BCUT2D eigenvalue weighted by molar-refractivity contribution is 5.95. The molecule has 1 aliphatic carbocycles. The van der Waals surface area contributed by atoms with Gasteiger partial charge in [0.2, 0.25) is 5.91 Å². The molecule has 1 aromatic rings. The monoisotopic (exact) mass is 414 g/mol. The molecule has 1 unspecified atom stereocenters. The van der Waals surface area contributed by atoms with E-state index < -0.39 is 0 Å². The van der Waals surface area contributed by atoms with E-state index >= 15 is 0 Å². The van der Waals surface area contributed by atoms with Crippen molar-refractivity contribution in [3.63, 3.8) is 0 Å². The van der Waals surface area contributed by atoms with Crippen LogP contribution >= 0.6 is 0 Å². The number of nitrogens with zero attached hydrogens (tertiary/aromatic N) is 1. The second-order valence-corrected chi connectivity index (χ2v) is 9.22. The fourth-order valence-corrected chi connectivity index (χ4v) is 4.90. The SMILES string of the molecule is COc1ccc(C(=O)N2CCC3(CC2)CC(CCNC(=O)C2CC2)CCO3)c(C)c1. The number of amides is 2. The van der Waals surface area contributed by atoms with Crippen molar-refractivity contribution < 1.29 is 19.1 Å². The molecule has 1 aromatic carbocycles. The van der Waals surface area contributed by atoms with Crippen LogP contribution in [0.2, 0.25) is 0 Å². The first-order chi connectivity index (χ1) is 14.5. The first kappa shape index (κ1) is 21.2. The predicted octanol–water partition coefficient (Wildman–Crippen LogP) is 3.32. The highest BCUT2D eigenvalue weighted by Gasteiger charge is 2.41. The largest absolute Gasteiger partial charge is 0.497 e. The van der Waals surface area contributed by atoms with E-state index in [9.17, 15) is 9.59 Å². The average molecular weight is 415 g/mol. The third kappa shape index (κ3) is 4.80. The third-order valence-electron chi connectivity index (χ3n) is 7.02. The third-order valence-corrected chi connectivity index (χ3v) is 7.02. The van der Waals surface area contributed by atoms with Crippen LogP contribution in [0.4, 0.5) is 0 Å². The number of nitrogens with one attached hydrogen (secondary N) is 1. The van der Waals surface area contributed by atoms with Crippen LogP contribution in [0.5, 0.6) is 5.75 Å². The van der Waals surface area contributed by atoms with Crippen molar-refractivity contribution in [3.05, 3.63) is 29.3 Å². The van der Waals surface area contributed by atoms with Crippen molar-refractivity contribution in [1.82, 2.24) is 10.2 Å². The number of rotatable bonds is 6. The quantitative estimate of drug-likeness (QED) is 0.775. The minimum Gasteiger partial charge on any atom is -0.497 e. The Balaban J connectivity index is 1.28. The number of carbonyl (C=O) groups is 2. The minimum absolute atomic E-state index is 0.0974. The van der Waals surface area contributed by atoms with Crippen LogP contribution in [0, 0.1) is 18.8 Å². The van der Waals surface area contributed by atoms with Crippen molar-refractivity contribution in [1.29, 1.82) is 0 Å². The number of benzene rings is 1. The standard InChI is InChI=1S/C24H34N2O4/c1-17-15-20(29-2)5-6-21(17)23(28)26-12-9-24(10-13-26)16-18(8-14-30-24)7-11-25-22(27)19-3-4-19/h5-6,15,18-19H,3-4,7-14,16H2,1-2H3,(H,25,27). The van der Waals surface area contributed by atoms with Crippen LogP contribution in [0.15, 0.2) is 18.2 Å². The highest BCUT2D eigenvalue weighted by atomic mass is 16.5. The molecule has 0 radical (unpaired) electrons. The van der Waals surface area contributed by atoms with Crippen LogP contribution in [-0.4, -0.2) is 55.7 Å². The van der Waals surface area contributed by atoms with Crippen molar-refractivity contribution in [2.24, 2.45) is 11.8 Å². The average Bonchev–Trinajstić information content (AvgIpc) is 3.59. The summed E-state index contributed by atoms with van der Waals surface area (Å²) in [4.78, 5) is 26.8. The Morgan fingerprint density at radius 3 is 2.67 bits per heavy atom. The number of likely N-dealkylation sites (tertiary alicyclic amines) is 1. The van der Waals surface area contributed by atoms with E-state index in [-0.39, 0.29) is 23.3 Å². The fraction of sp³-hybridized carbons (Fsp3) is 0.667. The van der Waals surface area contributed by atoms with Crippen LogP contribution < -0.4 is 10.1 Å². The summed E-state index contributed by atoms with van der Waals surface area (Å²) in [5.74, 6) is 1.97. The summed E-state index contributed by atoms with van der Waals surface area (Å²) in [6, 6.07) is 5.63. The van der Waals surface area contributed by atoms with Gasteiger partial charge in [-0.2, -0.15) is 0 Å². The lowest BCUT2D eigenvalue weighted by atomic mass is 9.78. The van der Waals surface area contributed by atoms with Crippen LogP contribution in [-0.2, 0) is 9.53 Å². The summed E-state index contributed by atoms with van der Waals surface area (Å²) in [7, 11) is 1.64. The number of methoxy groups -OCH3 is 1. The molecule has 2 amide bonds. The number of hydrogen-bond donors (Lipinski definition) is 1. The molecule has 1 saturated carbocycles. The fourth-order valence-electron chi connectivity index (χ4n) is 4.90. The number of ether oxygens (including phenoxy) is 2. The maximum Gasteiger partial charge on any atom is 0.254 e.